The number of nitrogens with zero attached hydrogens (tertiary/aromatic N) is 1. The molecule has 0 bridgehead atoms. The fraction of sp³-hybridized carbons (Fsp3) is 0.250. The van der Waals surface area contributed by atoms with Crippen LogP contribution in [0.4, 0.5) is 0 Å². The molecule has 1 aromatic heterocycles. The van der Waals surface area contributed by atoms with E-state index in [1.807, 2.05) is 0 Å². The van der Waals surface area contributed by atoms with Gasteiger partial charge in [0.15, 0.2) is 17.9 Å². The molecular weight excluding hydrogens is 284 g/mol. The van der Waals surface area contributed by atoms with Crippen molar-refractivity contribution in [1.82, 2.24) is 9.71 Å². The van der Waals surface area contributed by atoms with Crippen molar-refractivity contribution < 1.29 is 22.3 Å². The molecule has 0 atom stereocenters. The summed E-state index contributed by atoms with van der Waals surface area (Å²) in [4.78, 5) is 3.96. The minimum atomic E-state index is -3.64. The van der Waals surface area contributed by atoms with Crippen LogP contribution in [-0.4, -0.2) is 26.6 Å². The van der Waals surface area contributed by atoms with E-state index in [-0.39, 0.29) is 11.4 Å². The SMILES string of the molecule is O=S(=O)(NCc1cocn1)c1ccc2c(c1)OCCO2. The van der Waals surface area contributed by atoms with Crippen molar-refractivity contribution >= 4 is 10.0 Å². The van der Waals surface area contributed by atoms with Crippen LogP contribution in [-0.2, 0) is 16.6 Å². The normalized spacial score (nSPS) is 14.2. The summed E-state index contributed by atoms with van der Waals surface area (Å²) in [5, 5.41) is 0. The zero-order valence-corrected chi connectivity index (χ0v) is 11.2. The molecule has 2 aromatic rings. The van der Waals surface area contributed by atoms with Crippen molar-refractivity contribution in [1.29, 1.82) is 0 Å². The Morgan fingerprint density at radius 2 is 2.00 bits per heavy atom. The van der Waals surface area contributed by atoms with Crippen LogP contribution in [0.1, 0.15) is 5.69 Å². The van der Waals surface area contributed by atoms with E-state index in [1.165, 1.54) is 24.8 Å². The second kappa shape index (κ2) is 5.14. The maximum absolute atomic E-state index is 12.1. The lowest BCUT2D eigenvalue weighted by Crippen LogP contribution is -2.24. The first-order valence-electron chi connectivity index (χ1n) is 5.91. The van der Waals surface area contributed by atoms with Crippen LogP contribution >= 0.6 is 0 Å². The topological polar surface area (TPSA) is 90.7 Å². The Hall–Kier alpha value is -2.06. The molecule has 1 aromatic carbocycles. The minimum absolute atomic E-state index is 0.0628. The number of rotatable bonds is 4. The average molecular weight is 296 g/mol. The van der Waals surface area contributed by atoms with Crippen molar-refractivity contribution in [2.75, 3.05) is 13.2 Å². The number of benzene rings is 1. The number of fused-ring (bicyclic) bond motifs is 1. The second-order valence-electron chi connectivity index (χ2n) is 4.11. The van der Waals surface area contributed by atoms with E-state index >= 15 is 0 Å². The molecule has 0 amide bonds. The third-order valence-electron chi connectivity index (χ3n) is 2.75. The Kier molecular flexibility index (Phi) is 3.33. The molecule has 3 rings (SSSR count). The predicted molar refractivity (Wildman–Crippen MR) is 68.0 cm³/mol. The van der Waals surface area contributed by atoms with E-state index in [1.54, 1.807) is 6.07 Å². The molecule has 0 saturated carbocycles. The lowest BCUT2D eigenvalue weighted by molar-refractivity contribution is 0.171. The fourth-order valence-corrected chi connectivity index (χ4v) is 2.78. The molecule has 0 aliphatic carbocycles. The Bertz CT molecular complexity index is 697. The Balaban J connectivity index is 1.80. The van der Waals surface area contributed by atoms with E-state index < -0.39 is 10.0 Å². The molecule has 20 heavy (non-hydrogen) atoms. The van der Waals surface area contributed by atoms with Crippen molar-refractivity contribution in [3.63, 3.8) is 0 Å². The quantitative estimate of drug-likeness (QED) is 0.902. The van der Waals surface area contributed by atoms with E-state index in [2.05, 4.69) is 9.71 Å². The van der Waals surface area contributed by atoms with Crippen LogP contribution < -0.4 is 14.2 Å². The van der Waals surface area contributed by atoms with Crippen LogP contribution in [0.25, 0.3) is 0 Å². The summed E-state index contributed by atoms with van der Waals surface area (Å²) in [5.41, 5.74) is 0.506. The molecule has 0 fully saturated rings. The van der Waals surface area contributed by atoms with Crippen LogP contribution in [0.2, 0.25) is 0 Å². The average Bonchev–Trinajstić information content (AvgIpc) is 2.98. The molecule has 0 saturated heterocycles. The second-order valence-corrected chi connectivity index (χ2v) is 5.88. The molecule has 1 N–H and O–H groups in total. The first-order valence-corrected chi connectivity index (χ1v) is 7.40. The molecular formula is C12H12N2O5S. The summed E-state index contributed by atoms with van der Waals surface area (Å²) in [6.45, 7) is 0.930. The monoisotopic (exact) mass is 296 g/mol. The highest BCUT2D eigenvalue weighted by Gasteiger charge is 2.19. The van der Waals surface area contributed by atoms with Crippen molar-refractivity contribution in [2.45, 2.75) is 11.4 Å². The zero-order valence-electron chi connectivity index (χ0n) is 10.4. The first-order chi connectivity index (χ1) is 9.65. The molecule has 0 spiro atoms. The van der Waals surface area contributed by atoms with Gasteiger partial charge in [0.2, 0.25) is 10.0 Å². The number of ether oxygens (including phenoxy) is 2. The maximum Gasteiger partial charge on any atom is 0.241 e. The predicted octanol–water partition coefficient (Wildman–Crippen LogP) is 0.924. The van der Waals surface area contributed by atoms with Crippen LogP contribution in [0.3, 0.4) is 0 Å². The fourth-order valence-electron chi connectivity index (χ4n) is 1.77. The summed E-state index contributed by atoms with van der Waals surface area (Å²) in [5.74, 6) is 0.979. The molecule has 2 heterocycles. The summed E-state index contributed by atoms with van der Waals surface area (Å²) >= 11 is 0. The van der Waals surface area contributed by atoms with Crippen LogP contribution in [0.15, 0.2) is 40.2 Å². The van der Waals surface area contributed by atoms with Crippen LogP contribution in [0.5, 0.6) is 11.5 Å². The highest BCUT2D eigenvalue weighted by Crippen LogP contribution is 2.32. The van der Waals surface area contributed by atoms with Gasteiger partial charge in [-0.05, 0) is 12.1 Å². The number of hydrogen-bond acceptors (Lipinski definition) is 6. The molecule has 0 radical (unpaired) electrons. The van der Waals surface area contributed by atoms with Gasteiger partial charge in [-0.15, -0.1) is 0 Å². The maximum atomic E-state index is 12.1. The molecule has 7 nitrogen and oxygen atoms in total. The number of hydrogen-bond donors (Lipinski definition) is 1. The van der Waals surface area contributed by atoms with E-state index in [0.29, 0.717) is 30.4 Å². The van der Waals surface area contributed by atoms with Gasteiger partial charge in [0, 0.05) is 6.07 Å². The van der Waals surface area contributed by atoms with E-state index in [9.17, 15) is 8.42 Å². The third-order valence-corrected chi connectivity index (χ3v) is 4.15. The molecule has 1 aliphatic heterocycles. The first kappa shape index (κ1) is 12.9. The minimum Gasteiger partial charge on any atom is -0.486 e. The summed E-state index contributed by atoms with van der Waals surface area (Å²) in [6.07, 6.45) is 2.63. The van der Waals surface area contributed by atoms with Crippen LogP contribution in [0, 0.1) is 0 Å². The molecule has 8 heteroatoms. The zero-order chi connectivity index (χ0) is 14.0. The Morgan fingerprint density at radius 3 is 2.75 bits per heavy atom. The van der Waals surface area contributed by atoms with Gasteiger partial charge in [-0.1, -0.05) is 0 Å². The van der Waals surface area contributed by atoms with E-state index in [4.69, 9.17) is 13.9 Å². The smallest absolute Gasteiger partial charge is 0.241 e. The standard InChI is InChI=1S/C12H12N2O5S/c15-20(16,14-6-9-7-17-8-13-9)10-1-2-11-12(5-10)19-4-3-18-11/h1-2,5,7-8,14H,3-4,6H2. The number of aromatic nitrogens is 1. The largest absolute Gasteiger partial charge is 0.486 e. The molecule has 1 aliphatic rings. The van der Waals surface area contributed by atoms with Crippen molar-refractivity contribution in [3.05, 3.63) is 36.5 Å². The van der Waals surface area contributed by atoms with Crippen molar-refractivity contribution in [2.24, 2.45) is 0 Å². The summed E-state index contributed by atoms with van der Waals surface area (Å²) in [7, 11) is -3.64. The van der Waals surface area contributed by atoms with E-state index in [0.717, 1.165) is 0 Å². The summed E-state index contributed by atoms with van der Waals surface area (Å²) < 4.78 is 42.2. The lowest BCUT2D eigenvalue weighted by Gasteiger charge is -2.18. The highest BCUT2D eigenvalue weighted by molar-refractivity contribution is 7.89. The Labute approximate surface area is 115 Å². The van der Waals surface area contributed by atoms with Gasteiger partial charge in [0.25, 0.3) is 0 Å². The van der Waals surface area contributed by atoms with Gasteiger partial charge < -0.3 is 13.9 Å². The number of nitrogens with one attached hydrogen (secondary N) is 1. The number of sulfonamides is 1. The van der Waals surface area contributed by atoms with Gasteiger partial charge in [-0.25, -0.2) is 18.1 Å². The van der Waals surface area contributed by atoms with Gasteiger partial charge >= 0.3 is 0 Å². The third kappa shape index (κ3) is 2.61. The Morgan fingerprint density at radius 1 is 1.20 bits per heavy atom. The lowest BCUT2D eigenvalue weighted by atomic mass is 10.3. The van der Waals surface area contributed by atoms with Gasteiger partial charge in [0.05, 0.1) is 17.1 Å². The number of oxazole rings is 1. The van der Waals surface area contributed by atoms with Crippen molar-refractivity contribution in [3.8, 4) is 11.5 Å². The van der Waals surface area contributed by atoms with Gasteiger partial charge in [0.1, 0.15) is 19.5 Å². The summed E-state index contributed by atoms with van der Waals surface area (Å²) in [6, 6.07) is 4.50. The van der Waals surface area contributed by atoms with Gasteiger partial charge in [-0.3, -0.25) is 0 Å². The molecule has 106 valence electrons. The van der Waals surface area contributed by atoms with Gasteiger partial charge in [-0.2, -0.15) is 0 Å². The highest BCUT2D eigenvalue weighted by atomic mass is 32.2. The molecule has 0 unspecified atom stereocenters.